The van der Waals surface area contributed by atoms with Gasteiger partial charge in [-0.05, 0) is 40.2 Å². The van der Waals surface area contributed by atoms with Crippen LogP contribution in [0.25, 0.3) is 0 Å². The zero-order chi connectivity index (χ0) is 15.7. The summed E-state index contributed by atoms with van der Waals surface area (Å²) in [4.78, 5) is 17.2. The lowest BCUT2D eigenvalue weighted by molar-refractivity contribution is -0.134. The van der Waals surface area contributed by atoms with Crippen LogP contribution in [0.2, 0.25) is 0 Å². The van der Waals surface area contributed by atoms with E-state index in [1.165, 1.54) is 5.56 Å². The van der Waals surface area contributed by atoms with Gasteiger partial charge in [-0.25, -0.2) is 0 Å². The minimum absolute atomic E-state index is 0.212. The van der Waals surface area contributed by atoms with Crippen LogP contribution in [-0.2, 0) is 11.3 Å². The third-order valence-electron chi connectivity index (χ3n) is 5.36. The van der Waals surface area contributed by atoms with E-state index in [2.05, 4.69) is 27.3 Å². The minimum Gasteiger partial charge on any atom is -0.361 e. The minimum atomic E-state index is -0.314. The first-order valence-electron chi connectivity index (χ1n) is 8.16. The number of aromatic nitrogens is 1. The quantitative estimate of drug-likeness (QED) is 0.886. The highest BCUT2D eigenvalue weighted by Gasteiger charge is 2.45. The van der Waals surface area contributed by atoms with E-state index in [-0.39, 0.29) is 11.4 Å². The number of likely N-dealkylation sites (tertiary alicyclic amines) is 1. The molecular weight excluding hydrogens is 280 g/mol. The number of hydrogen-bond acceptors (Lipinski definition) is 5. The molecule has 3 rings (SSSR count). The molecule has 0 unspecified atom stereocenters. The fourth-order valence-electron chi connectivity index (χ4n) is 3.71. The molecule has 0 radical (unpaired) electrons. The van der Waals surface area contributed by atoms with E-state index < -0.39 is 0 Å². The van der Waals surface area contributed by atoms with Crippen LogP contribution in [-0.4, -0.2) is 59.6 Å². The lowest BCUT2D eigenvalue weighted by Crippen LogP contribution is -2.60. The Kier molecular flexibility index (Phi) is 4.23. The molecule has 6 nitrogen and oxygen atoms in total. The first-order chi connectivity index (χ1) is 10.5. The van der Waals surface area contributed by atoms with Gasteiger partial charge in [-0.1, -0.05) is 5.16 Å². The highest BCUT2D eigenvalue weighted by Crippen LogP contribution is 2.31. The van der Waals surface area contributed by atoms with Gasteiger partial charge in [-0.2, -0.15) is 0 Å². The molecular formula is C16H26N4O2. The standard InChI is InChI=1S/C16H26N4O2/c1-12-14(13(2)22-18-12)11-20-9-5-16(6-10-20)15(21)17-7-4-8-19(16)3/h4-11H2,1-3H3,(H,17,21). The Labute approximate surface area is 131 Å². The Morgan fingerprint density at radius 3 is 2.64 bits per heavy atom. The fraction of sp³-hybridized carbons (Fsp3) is 0.750. The summed E-state index contributed by atoms with van der Waals surface area (Å²) in [5, 5.41) is 7.12. The van der Waals surface area contributed by atoms with E-state index in [1.54, 1.807) is 0 Å². The maximum atomic E-state index is 12.5. The van der Waals surface area contributed by atoms with Crippen LogP contribution in [0.3, 0.4) is 0 Å². The van der Waals surface area contributed by atoms with Crippen molar-refractivity contribution >= 4 is 5.91 Å². The van der Waals surface area contributed by atoms with Crippen molar-refractivity contribution in [3.63, 3.8) is 0 Å². The molecule has 2 fully saturated rings. The molecule has 0 atom stereocenters. The third kappa shape index (κ3) is 2.65. The van der Waals surface area contributed by atoms with Crippen molar-refractivity contribution in [1.82, 2.24) is 20.3 Å². The van der Waals surface area contributed by atoms with Crippen LogP contribution in [0, 0.1) is 13.8 Å². The van der Waals surface area contributed by atoms with Gasteiger partial charge in [0.2, 0.25) is 5.91 Å². The van der Waals surface area contributed by atoms with Crippen molar-refractivity contribution in [2.75, 3.05) is 33.2 Å². The van der Waals surface area contributed by atoms with E-state index in [9.17, 15) is 4.79 Å². The molecule has 122 valence electrons. The van der Waals surface area contributed by atoms with Gasteiger partial charge in [-0.3, -0.25) is 14.6 Å². The van der Waals surface area contributed by atoms with Gasteiger partial charge in [0.15, 0.2) is 0 Å². The number of aryl methyl sites for hydroxylation is 2. The van der Waals surface area contributed by atoms with Gasteiger partial charge in [0.1, 0.15) is 11.3 Å². The first kappa shape index (κ1) is 15.5. The zero-order valence-electron chi connectivity index (χ0n) is 13.8. The monoisotopic (exact) mass is 306 g/mol. The number of amides is 1. The van der Waals surface area contributed by atoms with Crippen molar-refractivity contribution in [2.24, 2.45) is 0 Å². The van der Waals surface area contributed by atoms with Crippen molar-refractivity contribution < 1.29 is 9.32 Å². The number of nitrogens with one attached hydrogen (secondary N) is 1. The molecule has 2 saturated heterocycles. The van der Waals surface area contributed by atoms with Gasteiger partial charge in [0.25, 0.3) is 0 Å². The van der Waals surface area contributed by atoms with Gasteiger partial charge in [-0.15, -0.1) is 0 Å². The maximum Gasteiger partial charge on any atom is 0.240 e. The molecule has 1 N–H and O–H groups in total. The normalized spacial score (nSPS) is 23.5. The average Bonchev–Trinajstić information content (AvgIpc) is 2.76. The van der Waals surface area contributed by atoms with Crippen LogP contribution >= 0.6 is 0 Å². The van der Waals surface area contributed by atoms with Gasteiger partial charge in [0, 0.05) is 38.3 Å². The largest absolute Gasteiger partial charge is 0.361 e. The van der Waals surface area contributed by atoms with Crippen molar-refractivity contribution in [2.45, 2.75) is 45.2 Å². The topological polar surface area (TPSA) is 61.6 Å². The van der Waals surface area contributed by atoms with Gasteiger partial charge in [0.05, 0.1) is 5.69 Å². The second-order valence-corrected chi connectivity index (χ2v) is 6.64. The molecule has 1 aromatic rings. The summed E-state index contributed by atoms with van der Waals surface area (Å²) in [6.07, 6.45) is 2.81. The summed E-state index contributed by atoms with van der Waals surface area (Å²) in [5.74, 6) is 1.12. The van der Waals surface area contributed by atoms with E-state index in [4.69, 9.17) is 4.52 Å². The predicted octanol–water partition coefficient (Wildman–Crippen LogP) is 1.08. The molecule has 0 saturated carbocycles. The Balaban J connectivity index is 1.68. The second kappa shape index (κ2) is 6.01. The van der Waals surface area contributed by atoms with Crippen LogP contribution in [0.5, 0.6) is 0 Å². The molecule has 22 heavy (non-hydrogen) atoms. The van der Waals surface area contributed by atoms with E-state index >= 15 is 0 Å². The van der Waals surface area contributed by atoms with E-state index in [0.717, 1.165) is 63.4 Å². The number of carbonyl (C=O) groups is 1. The Morgan fingerprint density at radius 1 is 1.27 bits per heavy atom. The number of likely N-dealkylation sites (N-methyl/N-ethyl adjacent to an activating group) is 1. The first-order valence-corrected chi connectivity index (χ1v) is 8.16. The summed E-state index contributed by atoms with van der Waals surface area (Å²) in [6.45, 7) is 8.47. The molecule has 0 aliphatic carbocycles. The average molecular weight is 306 g/mol. The lowest BCUT2D eigenvalue weighted by Gasteiger charge is -2.45. The Bertz CT molecular complexity index is 527. The molecule has 2 aliphatic heterocycles. The molecule has 6 heteroatoms. The number of hydrogen-bond donors (Lipinski definition) is 1. The van der Waals surface area contributed by atoms with Crippen molar-refractivity contribution in [1.29, 1.82) is 0 Å². The highest BCUT2D eigenvalue weighted by molar-refractivity contribution is 5.86. The van der Waals surface area contributed by atoms with E-state index in [1.807, 2.05) is 13.8 Å². The number of rotatable bonds is 2. The van der Waals surface area contributed by atoms with Crippen LogP contribution < -0.4 is 5.32 Å². The molecule has 2 aliphatic rings. The molecule has 1 spiro atoms. The Morgan fingerprint density at radius 2 is 2.00 bits per heavy atom. The van der Waals surface area contributed by atoms with E-state index in [0.29, 0.717) is 0 Å². The predicted molar refractivity (Wildman–Crippen MR) is 83.5 cm³/mol. The highest BCUT2D eigenvalue weighted by atomic mass is 16.5. The van der Waals surface area contributed by atoms with Crippen molar-refractivity contribution in [3.8, 4) is 0 Å². The second-order valence-electron chi connectivity index (χ2n) is 6.64. The van der Waals surface area contributed by atoms with Gasteiger partial charge >= 0.3 is 0 Å². The molecule has 0 aromatic carbocycles. The zero-order valence-corrected chi connectivity index (χ0v) is 13.8. The van der Waals surface area contributed by atoms with Crippen LogP contribution in [0.1, 0.15) is 36.3 Å². The van der Waals surface area contributed by atoms with Gasteiger partial charge < -0.3 is 9.84 Å². The molecule has 1 aromatic heterocycles. The molecule has 0 bridgehead atoms. The number of nitrogens with zero attached hydrogens (tertiary/aromatic N) is 3. The summed E-state index contributed by atoms with van der Waals surface area (Å²) in [6, 6.07) is 0. The van der Waals surface area contributed by atoms with Crippen LogP contribution in [0.4, 0.5) is 0 Å². The SMILES string of the molecule is Cc1noc(C)c1CN1CCC2(CC1)C(=O)NCCCN2C. The van der Waals surface area contributed by atoms with Crippen LogP contribution in [0.15, 0.2) is 4.52 Å². The number of carbonyl (C=O) groups excluding carboxylic acids is 1. The summed E-state index contributed by atoms with van der Waals surface area (Å²) < 4.78 is 5.25. The summed E-state index contributed by atoms with van der Waals surface area (Å²) in [7, 11) is 2.09. The molecule has 1 amide bonds. The lowest BCUT2D eigenvalue weighted by atomic mass is 9.85. The third-order valence-corrected chi connectivity index (χ3v) is 5.36. The molecule has 3 heterocycles. The summed E-state index contributed by atoms with van der Waals surface area (Å²) in [5.41, 5.74) is 1.85. The fourth-order valence-corrected chi connectivity index (χ4v) is 3.71. The summed E-state index contributed by atoms with van der Waals surface area (Å²) >= 11 is 0. The smallest absolute Gasteiger partial charge is 0.240 e. The Hall–Kier alpha value is -1.40. The number of piperidine rings is 1. The maximum absolute atomic E-state index is 12.5. The van der Waals surface area contributed by atoms with Crippen molar-refractivity contribution in [3.05, 3.63) is 17.0 Å².